The molecular weight excluding hydrogens is 368 g/mol. The van der Waals surface area contributed by atoms with Crippen molar-refractivity contribution >= 4 is 28.8 Å². The number of rotatable bonds is 5. The fourth-order valence-corrected chi connectivity index (χ4v) is 4.26. The second-order valence-electron chi connectivity index (χ2n) is 7.03. The molecule has 1 fully saturated rings. The number of hydrogen-bond acceptors (Lipinski definition) is 3. The molecule has 1 aromatic heterocycles. The van der Waals surface area contributed by atoms with Crippen LogP contribution in [0, 0.1) is 6.92 Å². The molecule has 0 radical (unpaired) electrons. The maximum atomic E-state index is 12.7. The van der Waals surface area contributed by atoms with Gasteiger partial charge in [0.05, 0.1) is 4.88 Å². The molecule has 1 N–H and O–H groups in total. The van der Waals surface area contributed by atoms with E-state index in [4.69, 9.17) is 0 Å². The van der Waals surface area contributed by atoms with E-state index in [-0.39, 0.29) is 11.8 Å². The summed E-state index contributed by atoms with van der Waals surface area (Å²) in [6.07, 6.45) is 1.54. The van der Waals surface area contributed by atoms with Gasteiger partial charge in [-0.05, 0) is 48.1 Å². The fourth-order valence-electron chi connectivity index (χ4n) is 3.42. The highest BCUT2D eigenvalue weighted by molar-refractivity contribution is 7.12. The summed E-state index contributed by atoms with van der Waals surface area (Å²) < 4.78 is 0. The van der Waals surface area contributed by atoms with Gasteiger partial charge in [0.15, 0.2) is 0 Å². The molecular formula is C23H22N2O2S. The van der Waals surface area contributed by atoms with E-state index in [1.807, 2.05) is 52.7 Å². The highest BCUT2D eigenvalue weighted by Gasteiger charge is 2.21. The Hall–Kier alpha value is -2.92. The molecule has 142 valence electrons. The summed E-state index contributed by atoms with van der Waals surface area (Å²) in [7, 11) is 0. The zero-order valence-corrected chi connectivity index (χ0v) is 16.6. The van der Waals surface area contributed by atoms with E-state index in [0.29, 0.717) is 13.0 Å². The van der Waals surface area contributed by atoms with E-state index in [2.05, 4.69) is 24.4 Å². The molecule has 0 aliphatic carbocycles. The highest BCUT2D eigenvalue weighted by atomic mass is 32.1. The number of nitrogens with zero attached hydrogens (tertiary/aromatic N) is 1. The number of amides is 2. The van der Waals surface area contributed by atoms with Crippen LogP contribution in [0.4, 0.5) is 5.69 Å². The van der Waals surface area contributed by atoms with Gasteiger partial charge < -0.3 is 10.2 Å². The Balaban J connectivity index is 1.42. The number of hydrogen-bond donors (Lipinski definition) is 1. The third-order valence-electron chi connectivity index (χ3n) is 5.01. The minimum Gasteiger partial charge on any atom is -0.347 e. The lowest BCUT2D eigenvalue weighted by molar-refractivity contribution is -0.117. The first-order valence-electron chi connectivity index (χ1n) is 9.44. The molecule has 2 aromatic carbocycles. The van der Waals surface area contributed by atoms with Crippen molar-refractivity contribution in [2.75, 3.05) is 11.4 Å². The lowest BCUT2D eigenvalue weighted by Crippen LogP contribution is -2.24. The second kappa shape index (κ2) is 7.98. The SMILES string of the molecule is Cc1ccc(-c2ccsc2C(=O)NCc2ccc(N3CCCC3=O)cc2)cc1. The third kappa shape index (κ3) is 3.85. The van der Waals surface area contributed by atoms with Gasteiger partial charge in [-0.2, -0.15) is 0 Å². The van der Waals surface area contributed by atoms with Crippen molar-refractivity contribution in [2.24, 2.45) is 0 Å². The van der Waals surface area contributed by atoms with Gasteiger partial charge in [0.1, 0.15) is 0 Å². The number of carbonyl (C=O) groups is 2. The third-order valence-corrected chi connectivity index (χ3v) is 5.92. The Morgan fingerprint density at radius 3 is 2.50 bits per heavy atom. The summed E-state index contributed by atoms with van der Waals surface area (Å²) in [4.78, 5) is 27.1. The molecule has 1 aliphatic rings. The number of aryl methyl sites for hydroxylation is 1. The van der Waals surface area contributed by atoms with E-state index < -0.39 is 0 Å². The highest BCUT2D eigenvalue weighted by Crippen LogP contribution is 2.28. The van der Waals surface area contributed by atoms with E-state index in [1.165, 1.54) is 16.9 Å². The first kappa shape index (κ1) is 18.4. The molecule has 0 unspecified atom stereocenters. The second-order valence-corrected chi connectivity index (χ2v) is 7.94. The van der Waals surface area contributed by atoms with Gasteiger partial charge in [-0.25, -0.2) is 0 Å². The molecule has 0 atom stereocenters. The molecule has 4 rings (SSSR count). The van der Waals surface area contributed by atoms with Crippen molar-refractivity contribution < 1.29 is 9.59 Å². The van der Waals surface area contributed by atoms with Gasteiger partial charge in [0.2, 0.25) is 5.91 Å². The van der Waals surface area contributed by atoms with Crippen LogP contribution >= 0.6 is 11.3 Å². The van der Waals surface area contributed by atoms with Gasteiger partial charge in [-0.1, -0.05) is 42.0 Å². The standard InChI is InChI=1S/C23H22N2O2S/c1-16-4-8-18(9-5-16)20-12-14-28-22(20)23(27)24-15-17-6-10-19(11-7-17)25-13-2-3-21(25)26/h4-12,14H,2-3,13,15H2,1H3,(H,24,27). The van der Waals surface area contributed by atoms with E-state index in [0.717, 1.165) is 40.2 Å². The molecule has 4 nitrogen and oxygen atoms in total. The molecule has 28 heavy (non-hydrogen) atoms. The zero-order valence-electron chi connectivity index (χ0n) is 15.8. The molecule has 0 spiro atoms. The van der Waals surface area contributed by atoms with E-state index in [9.17, 15) is 9.59 Å². The number of nitrogens with one attached hydrogen (secondary N) is 1. The van der Waals surface area contributed by atoms with E-state index >= 15 is 0 Å². The smallest absolute Gasteiger partial charge is 0.262 e. The lowest BCUT2D eigenvalue weighted by atomic mass is 10.0. The van der Waals surface area contributed by atoms with Crippen LogP contribution in [-0.2, 0) is 11.3 Å². The minimum atomic E-state index is -0.0654. The predicted octanol–water partition coefficient (Wildman–Crippen LogP) is 4.78. The maximum Gasteiger partial charge on any atom is 0.262 e. The Labute approximate surface area is 168 Å². The molecule has 2 heterocycles. The van der Waals surface area contributed by atoms with Crippen LogP contribution in [0.2, 0.25) is 0 Å². The topological polar surface area (TPSA) is 49.4 Å². The largest absolute Gasteiger partial charge is 0.347 e. The molecule has 0 bridgehead atoms. The van der Waals surface area contributed by atoms with Crippen LogP contribution in [-0.4, -0.2) is 18.4 Å². The quantitative estimate of drug-likeness (QED) is 0.682. The van der Waals surface area contributed by atoms with Gasteiger partial charge in [-0.3, -0.25) is 9.59 Å². The van der Waals surface area contributed by atoms with Crippen molar-refractivity contribution in [1.82, 2.24) is 5.32 Å². The van der Waals surface area contributed by atoms with Crippen molar-refractivity contribution in [3.63, 3.8) is 0 Å². The molecule has 5 heteroatoms. The van der Waals surface area contributed by atoms with Crippen LogP contribution in [0.15, 0.2) is 60.0 Å². The predicted molar refractivity (Wildman–Crippen MR) is 114 cm³/mol. The van der Waals surface area contributed by atoms with Crippen molar-refractivity contribution in [3.05, 3.63) is 76.0 Å². The van der Waals surface area contributed by atoms with Crippen molar-refractivity contribution in [1.29, 1.82) is 0 Å². The van der Waals surface area contributed by atoms with Crippen molar-refractivity contribution in [3.8, 4) is 11.1 Å². The van der Waals surface area contributed by atoms with Gasteiger partial charge in [-0.15, -0.1) is 11.3 Å². The van der Waals surface area contributed by atoms with E-state index in [1.54, 1.807) is 0 Å². The summed E-state index contributed by atoms with van der Waals surface area (Å²) in [6.45, 7) is 3.29. The number of benzene rings is 2. The first-order valence-corrected chi connectivity index (χ1v) is 10.3. The van der Waals surface area contributed by atoms with Gasteiger partial charge >= 0.3 is 0 Å². The summed E-state index contributed by atoms with van der Waals surface area (Å²) in [5.41, 5.74) is 5.15. The normalized spacial score (nSPS) is 13.8. The Bertz CT molecular complexity index is 990. The monoisotopic (exact) mass is 390 g/mol. The Kier molecular flexibility index (Phi) is 5.26. The molecule has 1 saturated heterocycles. The van der Waals surface area contributed by atoms with Crippen molar-refractivity contribution in [2.45, 2.75) is 26.3 Å². The average molecular weight is 391 g/mol. The van der Waals surface area contributed by atoms with Crippen LogP contribution in [0.25, 0.3) is 11.1 Å². The number of carbonyl (C=O) groups excluding carboxylic acids is 2. The summed E-state index contributed by atoms with van der Waals surface area (Å²) >= 11 is 1.46. The molecule has 1 aliphatic heterocycles. The zero-order chi connectivity index (χ0) is 19.5. The van der Waals surface area contributed by atoms with Gasteiger partial charge in [0.25, 0.3) is 5.91 Å². The van der Waals surface area contributed by atoms with Crippen LogP contribution in [0.1, 0.15) is 33.6 Å². The van der Waals surface area contributed by atoms with Gasteiger partial charge in [0, 0.05) is 30.8 Å². The summed E-state index contributed by atoms with van der Waals surface area (Å²) in [5, 5.41) is 4.96. The lowest BCUT2D eigenvalue weighted by Gasteiger charge is -2.16. The first-order chi connectivity index (χ1) is 13.6. The summed E-state index contributed by atoms with van der Waals surface area (Å²) in [6, 6.07) is 18.0. The Morgan fingerprint density at radius 2 is 1.82 bits per heavy atom. The fraction of sp³-hybridized carbons (Fsp3) is 0.217. The molecule has 2 amide bonds. The molecule has 0 saturated carbocycles. The maximum absolute atomic E-state index is 12.7. The van der Waals surface area contributed by atoms with Crippen LogP contribution < -0.4 is 10.2 Å². The molecule has 3 aromatic rings. The summed E-state index contributed by atoms with van der Waals surface area (Å²) in [5.74, 6) is 0.117. The average Bonchev–Trinajstić information content (AvgIpc) is 3.36. The number of anilines is 1. The minimum absolute atomic E-state index is 0.0654. The van der Waals surface area contributed by atoms with Crippen LogP contribution in [0.5, 0.6) is 0 Å². The van der Waals surface area contributed by atoms with Crippen LogP contribution in [0.3, 0.4) is 0 Å². The Morgan fingerprint density at radius 1 is 1.07 bits per heavy atom. The number of thiophene rings is 1.